The van der Waals surface area contributed by atoms with E-state index in [1.807, 2.05) is 17.9 Å². The molecule has 1 aromatic carbocycles. The average molecular weight is 323 g/mol. The van der Waals surface area contributed by atoms with Crippen LogP contribution in [-0.2, 0) is 17.6 Å². The molecule has 2 aliphatic rings. The minimum atomic E-state index is 0.0647. The van der Waals surface area contributed by atoms with Gasteiger partial charge in [-0.1, -0.05) is 24.3 Å². The van der Waals surface area contributed by atoms with Crippen LogP contribution < -0.4 is 11.1 Å². The third kappa shape index (κ3) is 2.79. The molecule has 1 amide bonds. The molecule has 6 heteroatoms. The summed E-state index contributed by atoms with van der Waals surface area (Å²) in [5.41, 5.74) is 9.25. The summed E-state index contributed by atoms with van der Waals surface area (Å²) < 4.78 is 0. The number of amides is 1. The lowest BCUT2D eigenvalue weighted by Gasteiger charge is -2.24. The van der Waals surface area contributed by atoms with Gasteiger partial charge in [-0.05, 0) is 30.9 Å². The summed E-state index contributed by atoms with van der Waals surface area (Å²) in [6, 6.07) is 10.7. The maximum absolute atomic E-state index is 12.5. The predicted octanol–water partition coefficient (Wildman–Crippen LogP) is 1.55. The molecule has 1 aliphatic heterocycles. The van der Waals surface area contributed by atoms with Crippen molar-refractivity contribution >= 4 is 17.7 Å². The molecule has 24 heavy (non-hydrogen) atoms. The Morgan fingerprint density at radius 2 is 1.88 bits per heavy atom. The lowest BCUT2D eigenvalue weighted by Crippen LogP contribution is -2.38. The van der Waals surface area contributed by atoms with Crippen LogP contribution in [0, 0.1) is 6.92 Å². The molecule has 6 nitrogen and oxygen atoms in total. The number of nitrogens with two attached hydrogens (primary N) is 1. The van der Waals surface area contributed by atoms with Crippen molar-refractivity contribution in [2.45, 2.75) is 38.3 Å². The first kappa shape index (κ1) is 14.9. The molecule has 2 aromatic rings. The number of fused-ring (bicyclic) bond motifs is 1. The lowest BCUT2D eigenvalue weighted by atomic mass is 10.1. The van der Waals surface area contributed by atoms with E-state index in [0.717, 1.165) is 18.5 Å². The zero-order valence-electron chi connectivity index (χ0n) is 13.7. The smallest absolute Gasteiger partial charge is 0.225 e. The lowest BCUT2D eigenvalue weighted by molar-refractivity contribution is -0.129. The van der Waals surface area contributed by atoms with E-state index in [2.05, 4.69) is 39.6 Å². The second-order valence-corrected chi connectivity index (χ2v) is 6.68. The highest BCUT2D eigenvalue weighted by Crippen LogP contribution is 2.29. The summed E-state index contributed by atoms with van der Waals surface area (Å²) in [7, 11) is 0. The number of hydrogen-bond donors (Lipinski definition) is 2. The van der Waals surface area contributed by atoms with Gasteiger partial charge in [0.1, 0.15) is 5.82 Å². The van der Waals surface area contributed by atoms with Crippen molar-refractivity contribution in [1.82, 2.24) is 14.9 Å². The Labute approximate surface area is 141 Å². The van der Waals surface area contributed by atoms with Gasteiger partial charge in [0, 0.05) is 30.8 Å². The molecule has 0 bridgehead atoms. The van der Waals surface area contributed by atoms with Gasteiger partial charge in [-0.15, -0.1) is 0 Å². The number of benzene rings is 1. The quantitative estimate of drug-likeness (QED) is 0.895. The van der Waals surface area contributed by atoms with Crippen LogP contribution in [0.5, 0.6) is 0 Å². The Morgan fingerprint density at radius 3 is 2.54 bits per heavy atom. The van der Waals surface area contributed by atoms with E-state index in [1.165, 1.54) is 11.1 Å². The fourth-order valence-corrected chi connectivity index (χ4v) is 3.81. The number of anilines is 2. The van der Waals surface area contributed by atoms with Gasteiger partial charge in [-0.2, -0.15) is 4.98 Å². The van der Waals surface area contributed by atoms with Crippen LogP contribution in [0.2, 0.25) is 0 Å². The average Bonchev–Trinajstić information content (AvgIpc) is 3.09. The van der Waals surface area contributed by atoms with E-state index in [4.69, 9.17) is 5.73 Å². The number of carbonyl (C=O) groups is 1. The molecule has 0 unspecified atom stereocenters. The number of nitrogen functional groups attached to an aromatic ring is 1. The van der Waals surface area contributed by atoms with Gasteiger partial charge in [0.25, 0.3) is 0 Å². The van der Waals surface area contributed by atoms with E-state index in [1.54, 1.807) is 0 Å². The van der Waals surface area contributed by atoms with Crippen LogP contribution in [-0.4, -0.2) is 39.4 Å². The van der Waals surface area contributed by atoms with Gasteiger partial charge in [0.2, 0.25) is 11.9 Å². The zero-order chi connectivity index (χ0) is 16.7. The van der Waals surface area contributed by atoms with E-state index in [9.17, 15) is 4.79 Å². The maximum atomic E-state index is 12.5. The Balaban J connectivity index is 1.44. The molecule has 1 fully saturated rings. The van der Waals surface area contributed by atoms with Gasteiger partial charge in [-0.25, -0.2) is 4.98 Å². The normalized spacial score (nSPS) is 20.5. The van der Waals surface area contributed by atoms with Crippen molar-refractivity contribution in [1.29, 1.82) is 0 Å². The topological polar surface area (TPSA) is 84.1 Å². The Hall–Kier alpha value is -2.63. The van der Waals surface area contributed by atoms with E-state index in [0.29, 0.717) is 18.8 Å². The third-order valence-electron chi connectivity index (χ3n) is 4.85. The number of hydrogen-bond acceptors (Lipinski definition) is 5. The molecule has 1 aliphatic carbocycles. The maximum Gasteiger partial charge on any atom is 0.225 e. The van der Waals surface area contributed by atoms with Gasteiger partial charge < -0.3 is 16.0 Å². The molecule has 2 heterocycles. The first-order chi connectivity index (χ1) is 11.6. The van der Waals surface area contributed by atoms with E-state index in [-0.39, 0.29) is 23.9 Å². The van der Waals surface area contributed by atoms with Gasteiger partial charge in [-0.3, -0.25) is 4.79 Å². The molecular formula is C18H21N5O. The van der Waals surface area contributed by atoms with Crippen LogP contribution in [0.4, 0.5) is 11.8 Å². The van der Waals surface area contributed by atoms with Crippen LogP contribution >= 0.6 is 0 Å². The summed E-state index contributed by atoms with van der Waals surface area (Å²) in [6.07, 6.45) is 2.40. The summed E-state index contributed by atoms with van der Waals surface area (Å²) in [5, 5.41) is 3.33. The molecule has 1 atom stereocenters. The molecule has 1 saturated heterocycles. The summed E-state index contributed by atoms with van der Waals surface area (Å²) >= 11 is 0. The number of nitrogens with one attached hydrogen (secondary N) is 1. The van der Waals surface area contributed by atoms with Crippen molar-refractivity contribution in [2.24, 2.45) is 0 Å². The number of likely N-dealkylation sites (tertiary alicyclic amines) is 1. The molecule has 0 saturated carbocycles. The number of nitrogens with zero attached hydrogens (tertiary/aromatic N) is 3. The second-order valence-electron chi connectivity index (χ2n) is 6.68. The van der Waals surface area contributed by atoms with Gasteiger partial charge in [0.15, 0.2) is 0 Å². The number of aromatic nitrogens is 2. The Bertz CT molecular complexity index is 745. The van der Waals surface area contributed by atoms with Crippen LogP contribution in [0.3, 0.4) is 0 Å². The molecule has 0 spiro atoms. The fraction of sp³-hybridized carbons (Fsp3) is 0.389. The van der Waals surface area contributed by atoms with Crippen molar-refractivity contribution in [3.05, 3.63) is 47.2 Å². The van der Waals surface area contributed by atoms with Crippen molar-refractivity contribution in [2.75, 3.05) is 17.6 Å². The molecule has 1 aromatic heterocycles. The highest BCUT2D eigenvalue weighted by atomic mass is 16.2. The minimum Gasteiger partial charge on any atom is -0.368 e. The van der Waals surface area contributed by atoms with Gasteiger partial charge >= 0.3 is 0 Å². The molecule has 0 radical (unpaired) electrons. The first-order valence-electron chi connectivity index (χ1n) is 8.32. The highest BCUT2D eigenvalue weighted by Gasteiger charge is 2.37. The Morgan fingerprint density at radius 1 is 1.17 bits per heavy atom. The van der Waals surface area contributed by atoms with Crippen LogP contribution in [0.1, 0.15) is 23.2 Å². The highest BCUT2D eigenvalue weighted by molar-refractivity contribution is 5.80. The van der Waals surface area contributed by atoms with Crippen LogP contribution in [0.15, 0.2) is 30.3 Å². The Kier molecular flexibility index (Phi) is 3.59. The van der Waals surface area contributed by atoms with Crippen molar-refractivity contribution in [3.8, 4) is 0 Å². The third-order valence-corrected chi connectivity index (χ3v) is 4.85. The largest absolute Gasteiger partial charge is 0.368 e. The van der Waals surface area contributed by atoms with E-state index < -0.39 is 0 Å². The standard InChI is InChI=1S/C18H21N5O/c1-11-6-16(22-18(19)20-11)21-14-9-17(24)23(10-14)15-7-12-4-2-3-5-13(12)8-15/h2-6,14-15H,7-10H2,1H3,(H3,19,20,21,22)/t14-/m1/s1. The zero-order valence-corrected chi connectivity index (χ0v) is 13.7. The SMILES string of the molecule is Cc1cc(N[C@@H]2CC(=O)N(C3Cc4ccccc4C3)C2)nc(N)n1. The predicted molar refractivity (Wildman–Crippen MR) is 92.6 cm³/mol. The summed E-state index contributed by atoms with van der Waals surface area (Å²) in [6.45, 7) is 2.59. The molecular weight excluding hydrogens is 302 g/mol. The summed E-state index contributed by atoms with van der Waals surface area (Å²) in [4.78, 5) is 22.8. The van der Waals surface area contributed by atoms with Crippen molar-refractivity contribution in [3.63, 3.8) is 0 Å². The monoisotopic (exact) mass is 323 g/mol. The summed E-state index contributed by atoms with van der Waals surface area (Å²) in [5.74, 6) is 1.16. The van der Waals surface area contributed by atoms with Crippen LogP contribution in [0.25, 0.3) is 0 Å². The number of rotatable bonds is 3. The second kappa shape index (κ2) is 5.78. The molecule has 4 rings (SSSR count). The molecule has 3 N–H and O–H groups in total. The van der Waals surface area contributed by atoms with Crippen molar-refractivity contribution < 1.29 is 4.79 Å². The fourth-order valence-electron chi connectivity index (χ4n) is 3.81. The first-order valence-corrected chi connectivity index (χ1v) is 8.32. The number of carbonyl (C=O) groups excluding carboxylic acids is 1. The molecule has 124 valence electrons. The van der Waals surface area contributed by atoms with Gasteiger partial charge in [0.05, 0.1) is 6.04 Å². The van der Waals surface area contributed by atoms with E-state index >= 15 is 0 Å². The minimum absolute atomic E-state index is 0.0647. The number of aryl methyl sites for hydroxylation is 1.